The Morgan fingerprint density at radius 2 is 1.84 bits per heavy atom. The molecule has 0 bridgehead atoms. The van der Waals surface area contributed by atoms with Crippen molar-refractivity contribution in [2.45, 2.75) is 38.1 Å². The standard InChI is InChI=1S/C24H27N3O5/c1-31-20-13-12-16(14-21(20)32-2)25-22(28)15-26-19-11-7-6-10-18(19)23(29)27(24(26)30)17-8-4-3-5-9-17/h6-7,10-14,17-18H,3-5,8-9,15H2,1-2H3/p+1. The number of rotatable bonds is 6. The van der Waals surface area contributed by atoms with E-state index < -0.39 is 11.9 Å². The molecule has 1 atom stereocenters. The van der Waals surface area contributed by atoms with Gasteiger partial charge in [0.05, 0.1) is 14.2 Å². The first-order valence-electron chi connectivity index (χ1n) is 10.9. The SMILES string of the molecule is COc1ccc(NC(=O)C[N+]2=C3C=CC=CC3C(=O)N(C3CCCCC3)C2=O)cc1OC. The maximum absolute atomic E-state index is 13.4. The number of carbonyl (C=O) groups excluding carboxylic acids is 3. The van der Waals surface area contributed by atoms with Crippen molar-refractivity contribution in [1.82, 2.24) is 4.90 Å². The van der Waals surface area contributed by atoms with E-state index in [0.717, 1.165) is 32.1 Å². The molecule has 1 aliphatic heterocycles. The van der Waals surface area contributed by atoms with Crippen LogP contribution < -0.4 is 14.8 Å². The second-order valence-electron chi connectivity index (χ2n) is 8.13. The summed E-state index contributed by atoms with van der Waals surface area (Å²) in [4.78, 5) is 40.8. The van der Waals surface area contributed by atoms with E-state index >= 15 is 0 Å². The maximum atomic E-state index is 13.4. The van der Waals surface area contributed by atoms with Crippen molar-refractivity contribution >= 4 is 29.2 Å². The van der Waals surface area contributed by atoms with Crippen LogP contribution in [0.15, 0.2) is 42.5 Å². The smallest absolute Gasteiger partial charge is 0.493 e. The fourth-order valence-corrected chi connectivity index (χ4v) is 4.58. The highest BCUT2D eigenvalue weighted by Crippen LogP contribution is 2.30. The van der Waals surface area contributed by atoms with Gasteiger partial charge in [-0.25, -0.2) is 4.79 Å². The molecule has 8 heteroatoms. The molecule has 1 heterocycles. The van der Waals surface area contributed by atoms with Gasteiger partial charge in [-0.05, 0) is 43.9 Å². The molecular weight excluding hydrogens is 410 g/mol. The van der Waals surface area contributed by atoms with Crippen LogP contribution >= 0.6 is 0 Å². The third-order valence-corrected chi connectivity index (χ3v) is 6.16. The number of allylic oxidation sites excluding steroid dienone is 3. The Labute approximate surface area is 187 Å². The summed E-state index contributed by atoms with van der Waals surface area (Å²) in [6.45, 7) is -0.187. The molecule has 0 aromatic heterocycles. The first-order valence-corrected chi connectivity index (χ1v) is 10.9. The Kier molecular flexibility index (Phi) is 6.39. The van der Waals surface area contributed by atoms with Gasteiger partial charge in [-0.15, -0.1) is 0 Å². The van der Waals surface area contributed by atoms with Gasteiger partial charge in [-0.2, -0.15) is 14.3 Å². The van der Waals surface area contributed by atoms with Gasteiger partial charge in [-0.3, -0.25) is 4.79 Å². The number of carbonyl (C=O) groups is 3. The zero-order valence-electron chi connectivity index (χ0n) is 18.4. The van der Waals surface area contributed by atoms with Crippen molar-refractivity contribution in [2.24, 2.45) is 5.92 Å². The molecule has 168 valence electrons. The van der Waals surface area contributed by atoms with Crippen molar-refractivity contribution in [3.8, 4) is 11.5 Å². The summed E-state index contributed by atoms with van der Waals surface area (Å²) in [5.74, 6) is -0.0700. The minimum atomic E-state index is -0.548. The number of nitrogens with zero attached hydrogens (tertiary/aromatic N) is 2. The molecule has 1 aromatic rings. The maximum Gasteiger partial charge on any atom is 0.501 e. The van der Waals surface area contributed by atoms with Gasteiger partial charge in [0.2, 0.25) is 0 Å². The normalized spacial score (nSPS) is 20.9. The molecular formula is C24H28N3O5+. The molecule has 1 unspecified atom stereocenters. The first kappa shape index (κ1) is 21.8. The Morgan fingerprint density at radius 1 is 1.09 bits per heavy atom. The largest absolute Gasteiger partial charge is 0.501 e. The summed E-state index contributed by atoms with van der Waals surface area (Å²) in [7, 11) is 3.06. The highest BCUT2D eigenvalue weighted by atomic mass is 16.5. The number of benzene rings is 1. The lowest BCUT2D eigenvalue weighted by molar-refractivity contribution is -0.429. The Balaban J connectivity index is 1.58. The second-order valence-corrected chi connectivity index (χ2v) is 8.13. The van der Waals surface area contributed by atoms with Crippen LogP contribution in [0.5, 0.6) is 11.5 Å². The van der Waals surface area contributed by atoms with E-state index in [4.69, 9.17) is 9.47 Å². The fraction of sp³-hybridized carbons (Fsp3) is 0.417. The van der Waals surface area contributed by atoms with Gasteiger partial charge >= 0.3 is 11.9 Å². The zero-order chi connectivity index (χ0) is 22.7. The van der Waals surface area contributed by atoms with Crippen molar-refractivity contribution < 1.29 is 28.4 Å². The molecule has 0 saturated heterocycles. The van der Waals surface area contributed by atoms with E-state index in [-0.39, 0.29) is 24.4 Å². The summed E-state index contributed by atoms with van der Waals surface area (Å²) >= 11 is 0. The molecule has 2 aliphatic carbocycles. The third-order valence-electron chi connectivity index (χ3n) is 6.16. The number of hydrogen-bond acceptors (Lipinski definition) is 5. The lowest BCUT2D eigenvalue weighted by Crippen LogP contribution is -2.59. The molecule has 3 aliphatic rings. The lowest BCUT2D eigenvalue weighted by atomic mass is 9.90. The van der Waals surface area contributed by atoms with Crippen molar-refractivity contribution in [3.05, 3.63) is 42.5 Å². The van der Waals surface area contributed by atoms with E-state index in [0.29, 0.717) is 22.9 Å². The average molecular weight is 439 g/mol. The number of imide groups is 1. The van der Waals surface area contributed by atoms with E-state index in [9.17, 15) is 14.4 Å². The number of ether oxygens (including phenoxy) is 2. The number of nitrogens with one attached hydrogen (secondary N) is 1. The Morgan fingerprint density at radius 3 is 2.56 bits per heavy atom. The molecule has 0 radical (unpaired) electrons. The molecule has 4 rings (SSSR count). The summed E-state index contributed by atoms with van der Waals surface area (Å²) in [5, 5.41) is 2.81. The number of urea groups is 1. The van der Waals surface area contributed by atoms with E-state index in [1.165, 1.54) is 23.7 Å². The van der Waals surface area contributed by atoms with Crippen LogP contribution in [-0.2, 0) is 9.59 Å². The summed E-state index contributed by atoms with van der Waals surface area (Å²) in [5.41, 5.74) is 1.06. The van der Waals surface area contributed by atoms with Crippen LogP contribution in [0.4, 0.5) is 10.5 Å². The van der Waals surface area contributed by atoms with Gasteiger partial charge in [0.25, 0.3) is 5.91 Å². The zero-order valence-corrected chi connectivity index (χ0v) is 18.4. The van der Waals surface area contributed by atoms with Gasteiger partial charge in [0.1, 0.15) is 17.7 Å². The van der Waals surface area contributed by atoms with Gasteiger partial charge in [0.15, 0.2) is 18.0 Å². The van der Waals surface area contributed by atoms with Crippen molar-refractivity contribution in [2.75, 3.05) is 26.1 Å². The summed E-state index contributed by atoms with van der Waals surface area (Å²) in [6, 6.07) is 4.53. The molecule has 0 spiro atoms. The lowest BCUT2D eigenvalue weighted by Gasteiger charge is -2.32. The van der Waals surface area contributed by atoms with Crippen LogP contribution in [0.1, 0.15) is 32.1 Å². The van der Waals surface area contributed by atoms with Crippen molar-refractivity contribution in [1.29, 1.82) is 0 Å². The molecule has 1 saturated carbocycles. The molecule has 1 fully saturated rings. The van der Waals surface area contributed by atoms with E-state index in [2.05, 4.69) is 5.32 Å². The minimum absolute atomic E-state index is 0.110. The quantitative estimate of drug-likeness (QED) is 0.690. The second kappa shape index (κ2) is 9.38. The molecule has 1 aromatic carbocycles. The molecule has 32 heavy (non-hydrogen) atoms. The number of hydrogen-bond donors (Lipinski definition) is 1. The Bertz CT molecular complexity index is 1020. The van der Waals surface area contributed by atoms with Crippen LogP contribution in [-0.4, -0.2) is 59.8 Å². The molecule has 8 nitrogen and oxygen atoms in total. The predicted molar refractivity (Wildman–Crippen MR) is 119 cm³/mol. The predicted octanol–water partition coefficient (Wildman–Crippen LogP) is 3.13. The fourth-order valence-electron chi connectivity index (χ4n) is 4.58. The monoisotopic (exact) mass is 438 g/mol. The molecule has 1 N–H and O–H groups in total. The highest BCUT2D eigenvalue weighted by Gasteiger charge is 2.50. The van der Waals surface area contributed by atoms with Gasteiger partial charge in [0, 0.05) is 11.8 Å². The van der Waals surface area contributed by atoms with Crippen LogP contribution in [0.3, 0.4) is 0 Å². The summed E-state index contributed by atoms with van der Waals surface area (Å²) < 4.78 is 11.9. The minimum Gasteiger partial charge on any atom is -0.493 e. The van der Waals surface area contributed by atoms with E-state index in [1.807, 2.05) is 6.08 Å². The number of methoxy groups -OCH3 is 2. The highest BCUT2D eigenvalue weighted by molar-refractivity contribution is 6.17. The van der Waals surface area contributed by atoms with Crippen LogP contribution in [0.2, 0.25) is 0 Å². The number of anilines is 1. The van der Waals surface area contributed by atoms with E-state index in [1.54, 1.807) is 36.4 Å². The van der Waals surface area contributed by atoms with Gasteiger partial charge < -0.3 is 14.8 Å². The van der Waals surface area contributed by atoms with Gasteiger partial charge in [-0.1, -0.05) is 24.6 Å². The number of amides is 4. The van der Waals surface area contributed by atoms with Crippen LogP contribution in [0.25, 0.3) is 0 Å². The van der Waals surface area contributed by atoms with Crippen LogP contribution in [0, 0.1) is 5.92 Å². The third kappa shape index (κ3) is 4.17. The number of fused-ring (bicyclic) bond motifs is 1. The topological polar surface area (TPSA) is 88.0 Å². The molecule has 4 amide bonds. The van der Waals surface area contributed by atoms with Crippen molar-refractivity contribution in [3.63, 3.8) is 0 Å². The average Bonchev–Trinajstić information content (AvgIpc) is 2.82. The Hall–Kier alpha value is -3.42. The summed E-state index contributed by atoms with van der Waals surface area (Å²) in [6.07, 6.45) is 11.9. The first-order chi connectivity index (χ1) is 15.5.